The standard InChI is InChI=1S/C29H33N5O4/c1-20-8-3-4-9-22(20)15-16-33(27(35)19-34-25-12-6-5-11-24(25)31-32-34)28(26-14-13-21(2)38-26)29(36)30-18-23-10-7-17-37-23/h3-6,8-9,11-14,23,28H,7,10,15-19H2,1-2H3,(H,30,36)/t23-,28-/m1/s1. The van der Waals surface area contributed by atoms with Gasteiger partial charge >= 0.3 is 0 Å². The van der Waals surface area contributed by atoms with Crippen LogP contribution in [0.1, 0.15) is 41.5 Å². The number of hydrogen-bond acceptors (Lipinski definition) is 6. The lowest BCUT2D eigenvalue weighted by Gasteiger charge is -2.30. The number of aryl methyl sites for hydroxylation is 2. The zero-order valence-electron chi connectivity index (χ0n) is 21.8. The molecule has 38 heavy (non-hydrogen) atoms. The lowest BCUT2D eigenvalue weighted by atomic mass is 10.0. The minimum Gasteiger partial charge on any atom is -0.464 e. The summed E-state index contributed by atoms with van der Waals surface area (Å²) < 4.78 is 13.2. The van der Waals surface area contributed by atoms with Crippen molar-refractivity contribution < 1.29 is 18.7 Å². The highest BCUT2D eigenvalue weighted by atomic mass is 16.5. The van der Waals surface area contributed by atoms with Crippen molar-refractivity contribution in [3.05, 3.63) is 83.3 Å². The van der Waals surface area contributed by atoms with Crippen molar-refractivity contribution in [2.45, 2.75) is 51.8 Å². The van der Waals surface area contributed by atoms with Gasteiger partial charge < -0.3 is 19.4 Å². The molecule has 2 aromatic heterocycles. The number of carbonyl (C=O) groups excluding carboxylic acids is 2. The summed E-state index contributed by atoms with van der Waals surface area (Å²) in [6.45, 7) is 5.24. The first-order chi connectivity index (χ1) is 18.5. The molecule has 2 amide bonds. The van der Waals surface area contributed by atoms with Crippen LogP contribution in [0.5, 0.6) is 0 Å². The molecule has 2 atom stereocenters. The summed E-state index contributed by atoms with van der Waals surface area (Å²) in [4.78, 5) is 29.2. The van der Waals surface area contributed by atoms with Gasteiger partial charge in [0.25, 0.3) is 5.91 Å². The zero-order chi connectivity index (χ0) is 26.5. The van der Waals surface area contributed by atoms with Crippen molar-refractivity contribution in [1.82, 2.24) is 25.2 Å². The number of nitrogens with one attached hydrogen (secondary N) is 1. The Labute approximate surface area is 221 Å². The third-order valence-electron chi connectivity index (χ3n) is 7.03. The molecule has 1 N–H and O–H groups in total. The SMILES string of the molecule is Cc1ccc([C@H](C(=O)NC[C@H]2CCCO2)N(CCc2ccccc2C)C(=O)Cn2nnc3ccccc32)o1. The molecule has 0 saturated carbocycles. The van der Waals surface area contributed by atoms with E-state index in [9.17, 15) is 9.59 Å². The third kappa shape index (κ3) is 5.78. The van der Waals surface area contributed by atoms with Gasteiger partial charge in [0.2, 0.25) is 5.91 Å². The molecule has 1 fully saturated rings. The Morgan fingerprint density at radius 3 is 2.68 bits per heavy atom. The van der Waals surface area contributed by atoms with E-state index in [-0.39, 0.29) is 24.5 Å². The fourth-order valence-corrected chi connectivity index (χ4v) is 4.92. The van der Waals surface area contributed by atoms with E-state index < -0.39 is 6.04 Å². The smallest absolute Gasteiger partial charge is 0.250 e. The summed E-state index contributed by atoms with van der Waals surface area (Å²) in [6, 6.07) is 18.2. The number of benzene rings is 2. The summed E-state index contributed by atoms with van der Waals surface area (Å²) in [5.74, 6) is 0.552. The molecule has 4 aromatic rings. The van der Waals surface area contributed by atoms with Crippen LogP contribution in [0, 0.1) is 13.8 Å². The van der Waals surface area contributed by atoms with Crippen LogP contribution in [0.15, 0.2) is 65.1 Å². The molecule has 1 aliphatic rings. The van der Waals surface area contributed by atoms with E-state index in [0.29, 0.717) is 43.2 Å². The molecule has 9 heteroatoms. The molecule has 198 valence electrons. The normalized spacial score (nSPS) is 16.0. The zero-order valence-corrected chi connectivity index (χ0v) is 21.8. The summed E-state index contributed by atoms with van der Waals surface area (Å²) in [7, 11) is 0. The van der Waals surface area contributed by atoms with Gasteiger partial charge in [0.1, 0.15) is 23.6 Å². The molecule has 5 rings (SSSR count). The van der Waals surface area contributed by atoms with Crippen molar-refractivity contribution in [2.24, 2.45) is 0 Å². The number of nitrogens with zero attached hydrogens (tertiary/aromatic N) is 4. The topological polar surface area (TPSA) is 102 Å². The van der Waals surface area contributed by atoms with Gasteiger partial charge in [-0.3, -0.25) is 9.59 Å². The molecular weight excluding hydrogens is 482 g/mol. The van der Waals surface area contributed by atoms with E-state index in [0.717, 1.165) is 29.5 Å². The van der Waals surface area contributed by atoms with Crippen LogP contribution in [-0.2, 0) is 27.3 Å². The Kier molecular flexibility index (Phi) is 7.83. The Balaban J connectivity index is 1.45. The summed E-state index contributed by atoms with van der Waals surface area (Å²) in [5, 5.41) is 11.4. The second-order valence-electron chi connectivity index (χ2n) is 9.73. The molecule has 0 spiro atoms. The van der Waals surface area contributed by atoms with Crippen molar-refractivity contribution in [2.75, 3.05) is 19.7 Å². The van der Waals surface area contributed by atoms with Crippen LogP contribution < -0.4 is 5.32 Å². The molecule has 9 nitrogen and oxygen atoms in total. The van der Waals surface area contributed by atoms with Crippen LogP contribution in [0.4, 0.5) is 0 Å². The molecule has 0 radical (unpaired) electrons. The van der Waals surface area contributed by atoms with Gasteiger partial charge in [0, 0.05) is 19.7 Å². The lowest BCUT2D eigenvalue weighted by Crippen LogP contribution is -2.47. The Hall–Kier alpha value is -3.98. The van der Waals surface area contributed by atoms with Crippen molar-refractivity contribution in [3.8, 4) is 0 Å². The predicted octanol–water partition coefficient (Wildman–Crippen LogP) is 3.75. The van der Waals surface area contributed by atoms with Gasteiger partial charge in [-0.1, -0.05) is 41.6 Å². The number of ether oxygens (including phenoxy) is 1. The van der Waals surface area contributed by atoms with Gasteiger partial charge in [0.05, 0.1) is 11.6 Å². The van der Waals surface area contributed by atoms with Crippen molar-refractivity contribution in [1.29, 1.82) is 0 Å². The number of amides is 2. The monoisotopic (exact) mass is 515 g/mol. The van der Waals surface area contributed by atoms with Crippen LogP contribution in [0.3, 0.4) is 0 Å². The summed E-state index contributed by atoms with van der Waals surface area (Å²) >= 11 is 0. The van der Waals surface area contributed by atoms with Gasteiger partial charge in [0.15, 0.2) is 6.04 Å². The number of fused-ring (bicyclic) bond motifs is 1. The molecule has 1 aliphatic heterocycles. The fraction of sp³-hybridized carbons (Fsp3) is 0.379. The number of furan rings is 1. The Morgan fingerprint density at radius 2 is 1.92 bits per heavy atom. The maximum atomic E-state index is 13.9. The first-order valence-corrected chi connectivity index (χ1v) is 13.1. The Bertz CT molecular complexity index is 1400. The molecule has 1 saturated heterocycles. The number of aromatic nitrogens is 3. The summed E-state index contributed by atoms with van der Waals surface area (Å²) in [6.07, 6.45) is 2.45. The average molecular weight is 516 g/mol. The summed E-state index contributed by atoms with van der Waals surface area (Å²) in [5.41, 5.74) is 3.72. The third-order valence-corrected chi connectivity index (χ3v) is 7.03. The molecule has 0 bridgehead atoms. The number of para-hydroxylation sites is 1. The lowest BCUT2D eigenvalue weighted by molar-refractivity contribution is -0.142. The quantitative estimate of drug-likeness (QED) is 0.345. The van der Waals surface area contributed by atoms with Gasteiger partial charge in [-0.25, -0.2) is 4.68 Å². The van der Waals surface area contributed by atoms with Crippen molar-refractivity contribution >= 4 is 22.8 Å². The highest BCUT2D eigenvalue weighted by Crippen LogP contribution is 2.26. The molecule has 0 aliphatic carbocycles. The van der Waals surface area contributed by atoms with Crippen LogP contribution >= 0.6 is 0 Å². The molecule has 0 unspecified atom stereocenters. The van der Waals surface area contributed by atoms with Gasteiger partial charge in [-0.15, -0.1) is 5.10 Å². The molecule has 3 heterocycles. The minimum atomic E-state index is -0.934. The second-order valence-corrected chi connectivity index (χ2v) is 9.73. The Morgan fingerprint density at radius 1 is 1.11 bits per heavy atom. The number of carbonyl (C=O) groups is 2. The predicted molar refractivity (Wildman–Crippen MR) is 142 cm³/mol. The maximum Gasteiger partial charge on any atom is 0.250 e. The highest BCUT2D eigenvalue weighted by Gasteiger charge is 2.34. The van der Waals surface area contributed by atoms with Crippen molar-refractivity contribution in [3.63, 3.8) is 0 Å². The van der Waals surface area contributed by atoms with E-state index in [1.165, 1.54) is 0 Å². The minimum absolute atomic E-state index is 0.0180. The van der Waals surface area contributed by atoms with Crippen LogP contribution in [0.25, 0.3) is 11.0 Å². The number of rotatable bonds is 10. The van der Waals surface area contributed by atoms with E-state index in [1.807, 2.05) is 68.4 Å². The number of hydrogen-bond donors (Lipinski definition) is 1. The second kappa shape index (κ2) is 11.6. The largest absolute Gasteiger partial charge is 0.464 e. The van der Waals surface area contributed by atoms with Gasteiger partial charge in [-0.05, 0) is 68.5 Å². The van der Waals surface area contributed by atoms with E-state index >= 15 is 0 Å². The molecule has 2 aromatic carbocycles. The van der Waals surface area contributed by atoms with Crippen LogP contribution in [-0.4, -0.2) is 57.5 Å². The maximum absolute atomic E-state index is 13.9. The van der Waals surface area contributed by atoms with Gasteiger partial charge in [-0.2, -0.15) is 0 Å². The molecular formula is C29H33N5O4. The van der Waals surface area contributed by atoms with E-state index in [4.69, 9.17) is 9.15 Å². The highest BCUT2D eigenvalue weighted by molar-refractivity contribution is 5.88. The first-order valence-electron chi connectivity index (χ1n) is 13.1. The fourth-order valence-electron chi connectivity index (χ4n) is 4.92. The average Bonchev–Trinajstić information content (AvgIpc) is 3.68. The van der Waals surface area contributed by atoms with E-state index in [2.05, 4.69) is 15.6 Å². The first kappa shape index (κ1) is 25.7. The van der Waals surface area contributed by atoms with E-state index in [1.54, 1.807) is 15.6 Å². The van der Waals surface area contributed by atoms with Crippen LogP contribution in [0.2, 0.25) is 0 Å².